The number of hydrogen-bond donors (Lipinski definition) is 1. The lowest BCUT2D eigenvalue weighted by Crippen LogP contribution is -2.01. The van der Waals surface area contributed by atoms with Gasteiger partial charge in [0.05, 0.1) is 6.54 Å². The van der Waals surface area contributed by atoms with E-state index in [9.17, 15) is 0 Å². The van der Waals surface area contributed by atoms with Gasteiger partial charge >= 0.3 is 0 Å². The van der Waals surface area contributed by atoms with Gasteiger partial charge in [0, 0.05) is 18.2 Å². The fraction of sp³-hybridized carbons (Fsp3) is 0.167. The second-order valence-electron chi connectivity index (χ2n) is 3.31. The molecule has 0 bridgehead atoms. The average molecular weight is 213 g/mol. The van der Waals surface area contributed by atoms with Gasteiger partial charge in [-0.1, -0.05) is 17.1 Å². The first-order valence-electron chi connectivity index (χ1n) is 4.87. The molecule has 1 aromatic heterocycles. The van der Waals surface area contributed by atoms with Crippen LogP contribution in [-0.4, -0.2) is 10.1 Å². The number of benzene rings is 1. The molecule has 0 atom stereocenters. The lowest BCUT2D eigenvalue weighted by Gasteiger charge is -2.03. The Bertz CT molecular complexity index is 525. The van der Waals surface area contributed by atoms with Gasteiger partial charge in [-0.2, -0.15) is 4.98 Å². The number of aryl methyl sites for hydroxylation is 1. The van der Waals surface area contributed by atoms with E-state index in [4.69, 9.17) is 10.9 Å². The van der Waals surface area contributed by atoms with Gasteiger partial charge in [0.15, 0.2) is 5.82 Å². The van der Waals surface area contributed by atoms with Gasteiger partial charge in [0.1, 0.15) is 0 Å². The zero-order valence-electron chi connectivity index (χ0n) is 8.90. The molecule has 0 amide bonds. The molecule has 16 heavy (non-hydrogen) atoms. The molecule has 2 rings (SSSR count). The van der Waals surface area contributed by atoms with Crippen LogP contribution >= 0.6 is 0 Å². The van der Waals surface area contributed by atoms with Crippen LogP contribution < -0.4 is 5.32 Å². The molecule has 4 nitrogen and oxygen atoms in total. The monoisotopic (exact) mass is 213 g/mol. The molecule has 0 spiro atoms. The van der Waals surface area contributed by atoms with Gasteiger partial charge in [-0.3, -0.25) is 0 Å². The molecule has 1 N–H and O–H groups in total. The number of anilines is 1. The van der Waals surface area contributed by atoms with E-state index in [1.54, 1.807) is 6.92 Å². The smallest absolute Gasteiger partial charge is 0.223 e. The van der Waals surface area contributed by atoms with Crippen LogP contribution in [0.4, 0.5) is 5.69 Å². The molecular weight excluding hydrogens is 202 g/mol. The highest BCUT2D eigenvalue weighted by atomic mass is 16.5. The number of nitrogens with one attached hydrogen (secondary N) is 1. The van der Waals surface area contributed by atoms with Crippen molar-refractivity contribution in [3.8, 4) is 12.3 Å². The van der Waals surface area contributed by atoms with E-state index < -0.39 is 0 Å². The van der Waals surface area contributed by atoms with Crippen molar-refractivity contribution in [2.45, 2.75) is 13.5 Å². The van der Waals surface area contributed by atoms with Crippen LogP contribution in [-0.2, 0) is 6.54 Å². The summed E-state index contributed by atoms with van der Waals surface area (Å²) in [4.78, 5) is 4.09. The Morgan fingerprint density at radius 3 is 3.06 bits per heavy atom. The SMILES string of the molecule is C#Cc1cccc(NCc2noc(C)n2)c1. The molecule has 4 heteroatoms. The molecule has 0 saturated carbocycles. The minimum absolute atomic E-state index is 0.519. The molecule has 0 aliphatic carbocycles. The van der Waals surface area contributed by atoms with Crippen LogP contribution in [0, 0.1) is 19.3 Å². The third kappa shape index (κ3) is 2.39. The normalized spacial score (nSPS) is 9.75. The maximum Gasteiger partial charge on any atom is 0.223 e. The fourth-order valence-corrected chi connectivity index (χ4v) is 1.31. The maximum atomic E-state index is 5.31. The van der Waals surface area contributed by atoms with Gasteiger partial charge in [0.2, 0.25) is 5.89 Å². The summed E-state index contributed by atoms with van der Waals surface area (Å²) in [5.41, 5.74) is 1.78. The Kier molecular flexibility index (Phi) is 2.88. The molecule has 1 heterocycles. The summed E-state index contributed by atoms with van der Waals surface area (Å²) in [6.45, 7) is 2.28. The Balaban J connectivity index is 2.02. The summed E-state index contributed by atoms with van der Waals surface area (Å²) >= 11 is 0. The Morgan fingerprint density at radius 2 is 2.38 bits per heavy atom. The molecule has 0 aliphatic heterocycles. The van der Waals surface area contributed by atoms with Crippen molar-refractivity contribution in [1.82, 2.24) is 10.1 Å². The highest BCUT2D eigenvalue weighted by Gasteiger charge is 2.01. The van der Waals surface area contributed by atoms with E-state index in [0.717, 1.165) is 11.3 Å². The number of terminal acetylenes is 1. The van der Waals surface area contributed by atoms with Crippen molar-refractivity contribution < 1.29 is 4.52 Å². The lowest BCUT2D eigenvalue weighted by atomic mass is 10.2. The summed E-state index contributed by atoms with van der Waals surface area (Å²) in [7, 11) is 0. The van der Waals surface area contributed by atoms with Gasteiger partial charge in [0.25, 0.3) is 0 Å². The summed E-state index contributed by atoms with van der Waals surface area (Å²) < 4.78 is 4.86. The van der Waals surface area contributed by atoms with E-state index in [0.29, 0.717) is 18.3 Å². The molecule has 1 aromatic carbocycles. The third-order valence-electron chi connectivity index (χ3n) is 2.05. The van der Waals surface area contributed by atoms with Crippen molar-refractivity contribution in [2.75, 3.05) is 5.32 Å². The molecular formula is C12H11N3O. The number of aromatic nitrogens is 2. The fourth-order valence-electron chi connectivity index (χ4n) is 1.31. The first kappa shape index (κ1) is 10.2. The van der Waals surface area contributed by atoms with Crippen molar-refractivity contribution in [2.24, 2.45) is 0 Å². The maximum absolute atomic E-state index is 5.31. The van der Waals surface area contributed by atoms with E-state index in [2.05, 4.69) is 21.4 Å². The van der Waals surface area contributed by atoms with E-state index >= 15 is 0 Å². The predicted octanol–water partition coefficient (Wildman–Crippen LogP) is 1.97. The highest BCUT2D eigenvalue weighted by Crippen LogP contribution is 2.10. The lowest BCUT2D eigenvalue weighted by molar-refractivity contribution is 0.388. The van der Waals surface area contributed by atoms with Gasteiger partial charge in [-0.05, 0) is 18.2 Å². The zero-order valence-corrected chi connectivity index (χ0v) is 8.90. The second-order valence-corrected chi connectivity index (χ2v) is 3.31. The zero-order chi connectivity index (χ0) is 11.4. The minimum Gasteiger partial charge on any atom is -0.378 e. The first-order valence-corrected chi connectivity index (χ1v) is 4.87. The highest BCUT2D eigenvalue weighted by molar-refractivity contribution is 5.49. The Hall–Kier alpha value is -2.28. The van der Waals surface area contributed by atoms with Crippen LogP contribution in [0.1, 0.15) is 17.3 Å². The molecule has 0 fully saturated rings. The van der Waals surface area contributed by atoms with Crippen LogP contribution in [0.2, 0.25) is 0 Å². The third-order valence-corrected chi connectivity index (χ3v) is 2.05. The largest absolute Gasteiger partial charge is 0.378 e. The van der Waals surface area contributed by atoms with E-state index in [1.165, 1.54) is 0 Å². The summed E-state index contributed by atoms with van der Waals surface area (Å²) in [5, 5.41) is 6.95. The van der Waals surface area contributed by atoms with Crippen LogP contribution in [0.15, 0.2) is 28.8 Å². The number of nitrogens with zero attached hydrogens (tertiary/aromatic N) is 2. The predicted molar refractivity (Wildman–Crippen MR) is 60.7 cm³/mol. The quantitative estimate of drug-likeness (QED) is 0.792. The Labute approximate surface area is 93.7 Å². The van der Waals surface area contributed by atoms with Crippen molar-refractivity contribution in [3.05, 3.63) is 41.5 Å². The van der Waals surface area contributed by atoms with Gasteiger partial charge < -0.3 is 9.84 Å². The van der Waals surface area contributed by atoms with Crippen molar-refractivity contribution in [1.29, 1.82) is 0 Å². The summed E-state index contributed by atoms with van der Waals surface area (Å²) in [6, 6.07) is 7.61. The van der Waals surface area contributed by atoms with Crippen LogP contribution in [0.3, 0.4) is 0 Å². The minimum atomic E-state index is 0.519. The van der Waals surface area contributed by atoms with Crippen LogP contribution in [0.5, 0.6) is 0 Å². The summed E-state index contributed by atoms with van der Waals surface area (Å²) in [6.07, 6.45) is 5.31. The van der Waals surface area contributed by atoms with Crippen molar-refractivity contribution in [3.63, 3.8) is 0 Å². The molecule has 80 valence electrons. The average Bonchev–Trinajstić information content (AvgIpc) is 2.73. The second kappa shape index (κ2) is 4.49. The molecule has 2 aromatic rings. The topological polar surface area (TPSA) is 51.0 Å². The number of hydrogen-bond acceptors (Lipinski definition) is 4. The standard InChI is InChI=1S/C12H11N3O/c1-3-10-5-4-6-11(7-10)13-8-12-14-9(2)16-15-12/h1,4-7,13H,8H2,2H3. The van der Waals surface area contributed by atoms with Gasteiger partial charge in [-0.25, -0.2) is 0 Å². The molecule has 0 aliphatic rings. The molecule has 0 unspecified atom stereocenters. The van der Waals surface area contributed by atoms with Gasteiger partial charge in [-0.15, -0.1) is 6.42 Å². The van der Waals surface area contributed by atoms with E-state index in [1.807, 2.05) is 24.3 Å². The first-order chi connectivity index (χ1) is 7.78. The molecule has 0 radical (unpaired) electrons. The van der Waals surface area contributed by atoms with Crippen molar-refractivity contribution >= 4 is 5.69 Å². The van der Waals surface area contributed by atoms with E-state index in [-0.39, 0.29) is 0 Å². The molecule has 0 saturated heterocycles. The Morgan fingerprint density at radius 1 is 1.50 bits per heavy atom. The summed E-state index contributed by atoms with van der Waals surface area (Å²) in [5.74, 6) is 3.77. The van der Waals surface area contributed by atoms with Crippen LogP contribution in [0.25, 0.3) is 0 Å². The number of rotatable bonds is 3.